The molecule has 0 saturated carbocycles. The van der Waals surface area contributed by atoms with E-state index in [0.717, 1.165) is 18.5 Å². The maximum absolute atomic E-state index is 2.69. The van der Waals surface area contributed by atoms with E-state index in [9.17, 15) is 0 Å². The maximum atomic E-state index is 2.69. The first-order valence-electron chi connectivity index (χ1n) is 7.48. The molecule has 2 heterocycles. The normalized spacial score (nSPS) is 35.2. The van der Waals surface area contributed by atoms with Crippen LogP contribution in [-0.2, 0) is 0 Å². The average molecular weight is 250 g/mol. The van der Waals surface area contributed by atoms with E-state index >= 15 is 0 Å². The summed E-state index contributed by atoms with van der Waals surface area (Å²) in [5.74, 6) is 0.860. The molecule has 1 fully saturated rings. The van der Waals surface area contributed by atoms with Gasteiger partial charge < -0.3 is 0 Å². The number of likely N-dealkylation sites (tertiary alicyclic amines) is 1. The van der Waals surface area contributed by atoms with E-state index in [0.29, 0.717) is 11.5 Å². The molecule has 18 heavy (non-hydrogen) atoms. The molecule has 0 aromatic rings. The van der Waals surface area contributed by atoms with Gasteiger partial charge in [-0.15, -0.1) is 0 Å². The highest BCUT2D eigenvalue weighted by molar-refractivity contribution is 5.24. The molecule has 2 aliphatic heterocycles. The van der Waals surface area contributed by atoms with Crippen molar-refractivity contribution in [3.8, 4) is 0 Å². The van der Waals surface area contributed by atoms with Crippen molar-refractivity contribution in [2.24, 2.45) is 11.3 Å². The van der Waals surface area contributed by atoms with Gasteiger partial charge in [0.2, 0.25) is 0 Å². The molecule has 2 rings (SSSR count). The van der Waals surface area contributed by atoms with Crippen LogP contribution in [-0.4, -0.2) is 48.6 Å². The van der Waals surface area contributed by atoms with Crippen molar-refractivity contribution in [1.82, 2.24) is 9.80 Å². The van der Waals surface area contributed by atoms with E-state index in [1.807, 2.05) is 0 Å². The second-order valence-corrected chi connectivity index (χ2v) is 7.14. The van der Waals surface area contributed by atoms with Gasteiger partial charge in [-0.1, -0.05) is 26.8 Å². The zero-order chi connectivity index (χ0) is 13.5. The Balaban J connectivity index is 2.04. The van der Waals surface area contributed by atoms with E-state index in [-0.39, 0.29) is 0 Å². The van der Waals surface area contributed by atoms with Crippen LogP contribution < -0.4 is 0 Å². The van der Waals surface area contributed by atoms with E-state index in [2.05, 4.69) is 57.5 Å². The molecular weight excluding hydrogens is 220 g/mol. The molecule has 0 aromatic carbocycles. The Bertz CT molecular complexity index is 332. The fourth-order valence-corrected chi connectivity index (χ4v) is 3.65. The summed E-state index contributed by atoms with van der Waals surface area (Å²) in [6.45, 7) is 15.6. The smallest absolute Gasteiger partial charge is 0.0285 e. The monoisotopic (exact) mass is 250 g/mol. The van der Waals surface area contributed by atoms with Crippen LogP contribution in [0.3, 0.4) is 0 Å². The lowest BCUT2D eigenvalue weighted by Gasteiger charge is -2.37. The molecule has 1 saturated heterocycles. The van der Waals surface area contributed by atoms with Gasteiger partial charge >= 0.3 is 0 Å². The molecule has 1 unspecified atom stereocenters. The Hall–Kier alpha value is -0.340. The van der Waals surface area contributed by atoms with E-state index < -0.39 is 0 Å². The van der Waals surface area contributed by atoms with Crippen LogP contribution in [0.25, 0.3) is 0 Å². The SMILES string of the molecule is CC1C(C(C)(C)CN2CC[C@H](C)[C@@H]2C)=CCN1C. The minimum atomic E-state index is 0.308. The quantitative estimate of drug-likeness (QED) is 0.711. The zero-order valence-corrected chi connectivity index (χ0v) is 13.0. The molecule has 0 N–H and O–H groups in total. The topological polar surface area (TPSA) is 6.48 Å². The van der Waals surface area contributed by atoms with Crippen molar-refractivity contribution in [1.29, 1.82) is 0 Å². The summed E-state index contributed by atoms with van der Waals surface area (Å²) in [6.07, 6.45) is 3.82. The molecule has 0 aliphatic carbocycles. The number of hydrogen-bond donors (Lipinski definition) is 0. The van der Waals surface area contributed by atoms with Gasteiger partial charge in [-0.25, -0.2) is 0 Å². The summed E-state index contributed by atoms with van der Waals surface area (Å²) < 4.78 is 0. The predicted molar refractivity (Wildman–Crippen MR) is 78.8 cm³/mol. The number of likely N-dealkylation sites (N-methyl/N-ethyl adjacent to an activating group) is 1. The molecular formula is C16H30N2. The van der Waals surface area contributed by atoms with Crippen LogP contribution in [0.4, 0.5) is 0 Å². The molecule has 0 spiro atoms. The minimum absolute atomic E-state index is 0.308. The van der Waals surface area contributed by atoms with Gasteiger partial charge in [0.05, 0.1) is 0 Å². The molecule has 2 nitrogen and oxygen atoms in total. The summed E-state index contributed by atoms with van der Waals surface area (Å²) in [5, 5.41) is 0. The van der Waals surface area contributed by atoms with Crippen LogP contribution in [0.1, 0.15) is 41.0 Å². The van der Waals surface area contributed by atoms with Crippen LogP contribution in [0, 0.1) is 11.3 Å². The molecule has 3 atom stereocenters. The third-order valence-corrected chi connectivity index (χ3v) is 5.36. The summed E-state index contributed by atoms with van der Waals surface area (Å²) in [4.78, 5) is 5.13. The third kappa shape index (κ3) is 2.50. The predicted octanol–water partition coefficient (Wildman–Crippen LogP) is 3.00. The molecule has 0 amide bonds. The molecule has 0 radical (unpaired) electrons. The largest absolute Gasteiger partial charge is 0.300 e. The molecule has 2 heteroatoms. The molecule has 0 bridgehead atoms. The Morgan fingerprint density at radius 3 is 2.39 bits per heavy atom. The fraction of sp³-hybridized carbons (Fsp3) is 0.875. The Morgan fingerprint density at radius 2 is 1.94 bits per heavy atom. The lowest BCUT2D eigenvalue weighted by atomic mass is 9.80. The van der Waals surface area contributed by atoms with Crippen LogP contribution >= 0.6 is 0 Å². The lowest BCUT2D eigenvalue weighted by Crippen LogP contribution is -2.41. The number of rotatable bonds is 3. The Kier molecular flexibility index (Phi) is 3.89. The van der Waals surface area contributed by atoms with Crippen molar-refractivity contribution in [3.05, 3.63) is 11.6 Å². The highest BCUT2D eigenvalue weighted by Gasteiger charge is 2.37. The second-order valence-electron chi connectivity index (χ2n) is 7.14. The van der Waals surface area contributed by atoms with Crippen molar-refractivity contribution < 1.29 is 0 Å². The van der Waals surface area contributed by atoms with Crippen LogP contribution in [0.15, 0.2) is 11.6 Å². The lowest BCUT2D eigenvalue weighted by molar-refractivity contribution is 0.174. The standard InChI is InChI=1S/C16H30N2/c1-12-7-10-18(13(12)2)11-16(4,5)15-8-9-17(6)14(15)3/h8,12-14H,7,9-11H2,1-6H3/t12-,13-,14?/m0/s1. The highest BCUT2D eigenvalue weighted by atomic mass is 15.2. The first-order chi connectivity index (χ1) is 8.33. The highest BCUT2D eigenvalue weighted by Crippen LogP contribution is 2.37. The van der Waals surface area contributed by atoms with Crippen molar-refractivity contribution >= 4 is 0 Å². The summed E-state index contributed by atoms with van der Waals surface area (Å²) in [5.41, 5.74) is 1.94. The first kappa shape index (κ1) is 14.1. The van der Waals surface area contributed by atoms with Crippen LogP contribution in [0.5, 0.6) is 0 Å². The van der Waals surface area contributed by atoms with Gasteiger partial charge in [-0.05, 0) is 50.8 Å². The van der Waals surface area contributed by atoms with Crippen molar-refractivity contribution in [2.45, 2.75) is 53.1 Å². The summed E-state index contributed by atoms with van der Waals surface area (Å²) in [6, 6.07) is 1.36. The number of nitrogens with zero attached hydrogens (tertiary/aromatic N) is 2. The molecule has 0 aromatic heterocycles. The molecule has 2 aliphatic rings. The van der Waals surface area contributed by atoms with Gasteiger partial charge in [0, 0.05) is 25.2 Å². The van der Waals surface area contributed by atoms with Gasteiger partial charge in [0.25, 0.3) is 0 Å². The minimum Gasteiger partial charge on any atom is -0.300 e. The van der Waals surface area contributed by atoms with E-state index in [1.54, 1.807) is 5.57 Å². The fourth-order valence-electron chi connectivity index (χ4n) is 3.65. The van der Waals surface area contributed by atoms with Crippen LogP contribution in [0.2, 0.25) is 0 Å². The van der Waals surface area contributed by atoms with Crippen molar-refractivity contribution in [3.63, 3.8) is 0 Å². The van der Waals surface area contributed by atoms with Crippen molar-refractivity contribution in [2.75, 3.05) is 26.7 Å². The third-order valence-electron chi connectivity index (χ3n) is 5.36. The Morgan fingerprint density at radius 1 is 1.28 bits per heavy atom. The Labute approximate surface area is 113 Å². The van der Waals surface area contributed by atoms with Gasteiger partial charge in [-0.2, -0.15) is 0 Å². The molecule has 104 valence electrons. The summed E-state index contributed by atoms with van der Waals surface area (Å²) >= 11 is 0. The first-order valence-corrected chi connectivity index (χ1v) is 7.48. The average Bonchev–Trinajstić information content (AvgIpc) is 2.77. The maximum Gasteiger partial charge on any atom is 0.0285 e. The second kappa shape index (κ2) is 4.97. The van der Waals surface area contributed by atoms with E-state index in [1.165, 1.54) is 19.5 Å². The zero-order valence-electron chi connectivity index (χ0n) is 13.0. The van der Waals surface area contributed by atoms with Gasteiger partial charge in [0.15, 0.2) is 0 Å². The van der Waals surface area contributed by atoms with Gasteiger partial charge in [0.1, 0.15) is 0 Å². The summed E-state index contributed by atoms with van der Waals surface area (Å²) in [7, 11) is 2.23. The number of hydrogen-bond acceptors (Lipinski definition) is 2. The van der Waals surface area contributed by atoms with Gasteiger partial charge in [-0.3, -0.25) is 9.80 Å². The van der Waals surface area contributed by atoms with E-state index in [4.69, 9.17) is 0 Å².